The monoisotopic (exact) mass is 324 g/mol. The largest absolute Gasteiger partial charge is 0.307 e. The topological polar surface area (TPSA) is 42.0 Å². The van der Waals surface area contributed by atoms with Gasteiger partial charge >= 0.3 is 0 Å². The summed E-state index contributed by atoms with van der Waals surface area (Å²) in [6.45, 7) is 1.86. The number of amides is 1. The molecule has 0 bridgehead atoms. The van der Waals surface area contributed by atoms with Crippen LogP contribution in [0.5, 0.6) is 0 Å². The van der Waals surface area contributed by atoms with Gasteiger partial charge in [-0.05, 0) is 46.6 Å². The molecule has 18 heavy (non-hydrogen) atoms. The summed E-state index contributed by atoms with van der Waals surface area (Å²) in [5, 5.41) is 3.16. The van der Waals surface area contributed by atoms with Crippen LogP contribution >= 0.6 is 27.5 Å². The summed E-state index contributed by atoms with van der Waals surface area (Å²) in [7, 11) is 0. The molecule has 2 aromatic rings. The first-order valence-electron chi connectivity index (χ1n) is 5.26. The Morgan fingerprint density at radius 2 is 2.11 bits per heavy atom. The van der Waals surface area contributed by atoms with Crippen LogP contribution in [0, 0.1) is 6.92 Å². The minimum Gasteiger partial charge on any atom is -0.307 e. The molecule has 1 N–H and O–H groups in total. The Labute approximate surface area is 118 Å². The third kappa shape index (κ3) is 2.89. The zero-order valence-electron chi connectivity index (χ0n) is 9.58. The van der Waals surface area contributed by atoms with Gasteiger partial charge in [0.15, 0.2) is 0 Å². The van der Waals surface area contributed by atoms with Crippen LogP contribution in [-0.4, -0.2) is 10.9 Å². The van der Waals surface area contributed by atoms with Crippen LogP contribution in [0.2, 0.25) is 5.02 Å². The Hall–Kier alpha value is -1.39. The van der Waals surface area contributed by atoms with Gasteiger partial charge in [-0.2, -0.15) is 0 Å². The lowest BCUT2D eigenvalue weighted by atomic mass is 10.1. The molecule has 2 rings (SSSR count). The second-order valence-electron chi connectivity index (χ2n) is 3.75. The molecular formula is C13H10BrClN2O. The van der Waals surface area contributed by atoms with Crippen molar-refractivity contribution < 1.29 is 4.79 Å². The van der Waals surface area contributed by atoms with Crippen molar-refractivity contribution in [1.29, 1.82) is 0 Å². The minimum atomic E-state index is -0.265. The van der Waals surface area contributed by atoms with E-state index in [0.717, 1.165) is 10.0 Å². The number of nitrogens with zero attached hydrogens (tertiary/aromatic N) is 1. The van der Waals surface area contributed by atoms with Crippen molar-refractivity contribution in [2.24, 2.45) is 0 Å². The molecular weight excluding hydrogens is 316 g/mol. The van der Waals surface area contributed by atoms with E-state index in [1.54, 1.807) is 30.5 Å². The molecule has 0 fully saturated rings. The van der Waals surface area contributed by atoms with Crippen molar-refractivity contribution in [3.63, 3.8) is 0 Å². The van der Waals surface area contributed by atoms with E-state index in [2.05, 4.69) is 26.2 Å². The molecule has 92 valence electrons. The molecule has 1 amide bonds. The summed E-state index contributed by atoms with van der Waals surface area (Å²) in [5.41, 5.74) is 1.31. The highest BCUT2D eigenvalue weighted by atomic mass is 79.9. The maximum absolute atomic E-state index is 12.0. The molecule has 1 aromatic carbocycles. The second-order valence-corrected chi connectivity index (χ2v) is 5.05. The number of benzene rings is 1. The van der Waals surface area contributed by atoms with Gasteiger partial charge in [-0.25, -0.2) is 4.98 Å². The maximum atomic E-state index is 12.0. The summed E-state index contributed by atoms with van der Waals surface area (Å²) in [6.07, 6.45) is 1.62. The van der Waals surface area contributed by atoms with Crippen LogP contribution in [0.15, 0.2) is 41.0 Å². The lowest BCUT2D eigenvalue weighted by Gasteiger charge is -2.07. The molecule has 0 aliphatic rings. The van der Waals surface area contributed by atoms with Gasteiger partial charge in [0.1, 0.15) is 5.82 Å². The number of anilines is 1. The Bertz CT molecular complexity index is 584. The first kappa shape index (κ1) is 13.1. The van der Waals surface area contributed by atoms with Crippen molar-refractivity contribution in [2.75, 3.05) is 5.32 Å². The molecule has 0 radical (unpaired) electrons. The van der Waals surface area contributed by atoms with Crippen LogP contribution < -0.4 is 5.32 Å². The van der Waals surface area contributed by atoms with Crippen LogP contribution in [0.1, 0.15) is 15.9 Å². The van der Waals surface area contributed by atoms with E-state index in [9.17, 15) is 4.79 Å². The van der Waals surface area contributed by atoms with Gasteiger partial charge in [-0.3, -0.25) is 4.79 Å². The summed E-state index contributed by atoms with van der Waals surface area (Å²) >= 11 is 9.37. The Morgan fingerprint density at radius 3 is 2.78 bits per heavy atom. The molecule has 1 heterocycles. The fourth-order valence-corrected chi connectivity index (χ4v) is 1.90. The molecule has 0 atom stereocenters. The highest BCUT2D eigenvalue weighted by Crippen LogP contribution is 2.21. The zero-order chi connectivity index (χ0) is 13.1. The van der Waals surface area contributed by atoms with E-state index >= 15 is 0 Å². The van der Waals surface area contributed by atoms with Crippen LogP contribution in [0.3, 0.4) is 0 Å². The summed E-state index contributed by atoms with van der Waals surface area (Å²) in [6, 6.07) is 8.86. The zero-order valence-corrected chi connectivity index (χ0v) is 11.9. The van der Waals surface area contributed by atoms with Gasteiger partial charge < -0.3 is 5.32 Å². The number of aromatic nitrogens is 1. The number of carbonyl (C=O) groups excluding carboxylic acids is 1. The smallest absolute Gasteiger partial charge is 0.258 e. The summed E-state index contributed by atoms with van der Waals surface area (Å²) in [5.74, 6) is 0.222. The quantitative estimate of drug-likeness (QED) is 0.905. The number of hydrogen-bond donors (Lipinski definition) is 1. The average Bonchev–Trinajstić information content (AvgIpc) is 2.35. The number of halogens is 2. The van der Waals surface area contributed by atoms with Crippen molar-refractivity contribution in [2.45, 2.75) is 6.92 Å². The first-order chi connectivity index (χ1) is 8.58. The summed E-state index contributed by atoms with van der Waals surface area (Å²) < 4.78 is 0.856. The highest BCUT2D eigenvalue weighted by molar-refractivity contribution is 9.10. The minimum absolute atomic E-state index is 0.265. The molecule has 0 aliphatic heterocycles. The number of pyridine rings is 1. The Balaban J connectivity index is 2.22. The fourth-order valence-electron chi connectivity index (χ4n) is 1.46. The maximum Gasteiger partial charge on any atom is 0.258 e. The molecule has 1 aromatic heterocycles. The van der Waals surface area contributed by atoms with Gasteiger partial charge in [-0.1, -0.05) is 23.7 Å². The van der Waals surface area contributed by atoms with E-state index in [1.165, 1.54) is 0 Å². The van der Waals surface area contributed by atoms with Crippen molar-refractivity contribution in [3.05, 3.63) is 57.2 Å². The average molecular weight is 326 g/mol. The van der Waals surface area contributed by atoms with Gasteiger partial charge in [0.25, 0.3) is 5.91 Å². The van der Waals surface area contributed by atoms with Gasteiger partial charge in [-0.15, -0.1) is 0 Å². The van der Waals surface area contributed by atoms with Crippen molar-refractivity contribution in [1.82, 2.24) is 4.98 Å². The molecule has 0 unspecified atom stereocenters. The van der Waals surface area contributed by atoms with Gasteiger partial charge in [0.05, 0.1) is 10.6 Å². The van der Waals surface area contributed by atoms with E-state index in [4.69, 9.17) is 11.6 Å². The van der Waals surface area contributed by atoms with E-state index in [0.29, 0.717) is 16.4 Å². The summed E-state index contributed by atoms with van der Waals surface area (Å²) in [4.78, 5) is 16.1. The number of nitrogens with one attached hydrogen (secondary N) is 1. The predicted octanol–water partition coefficient (Wildman–Crippen LogP) is 4.06. The lowest BCUT2D eigenvalue weighted by molar-refractivity contribution is 0.102. The lowest BCUT2D eigenvalue weighted by Crippen LogP contribution is -2.13. The first-order valence-corrected chi connectivity index (χ1v) is 6.43. The number of hydrogen-bond acceptors (Lipinski definition) is 2. The van der Waals surface area contributed by atoms with E-state index in [-0.39, 0.29) is 5.91 Å². The second kappa shape index (κ2) is 5.50. The van der Waals surface area contributed by atoms with Crippen molar-refractivity contribution >= 4 is 39.3 Å². The Kier molecular flexibility index (Phi) is 3.99. The van der Waals surface area contributed by atoms with Crippen LogP contribution in [0.25, 0.3) is 0 Å². The standard InChI is InChI=1S/C13H10BrClN2O/c1-8-3-2-4-10(12(8)15)13(18)17-11-6-5-9(14)7-16-11/h2-7H,1H3,(H,16,17,18). The Morgan fingerprint density at radius 1 is 1.33 bits per heavy atom. The third-order valence-corrected chi connectivity index (χ3v) is 3.38. The molecule has 3 nitrogen and oxygen atoms in total. The SMILES string of the molecule is Cc1cccc(C(=O)Nc2ccc(Br)cn2)c1Cl. The molecule has 0 saturated carbocycles. The molecule has 5 heteroatoms. The third-order valence-electron chi connectivity index (χ3n) is 2.41. The van der Waals surface area contributed by atoms with Gasteiger partial charge in [0, 0.05) is 10.7 Å². The molecule has 0 aliphatic carbocycles. The predicted molar refractivity (Wildman–Crippen MR) is 76.1 cm³/mol. The van der Waals surface area contributed by atoms with Crippen molar-refractivity contribution in [3.8, 4) is 0 Å². The number of rotatable bonds is 2. The number of carbonyl (C=O) groups is 1. The molecule has 0 saturated heterocycles. The molecule has 0 spiro atoms. The van der Waals surface area contributed by atoms with Gasteiger partial charge in [0.2, 0.25) is 0 Å². The van der Waals surface area contributed by atoms with E-state index in [1.807, 2.05) is 13.0 Å². The van der Waals surface area contributed by atoms with Crippen LogP contribution in [-0.2, 0) is 0 Å². The highest BCUT2D eigenvalue weighted by Gasteiger charge is 2.12. The van der Waals surface area contributed by atoms with Crippen LogP contribution in [0.4, 0.5) is 5.82 Å². The number of aryl methyl sites for hydroxylation is 1. The van der Waals surface area contributed by atoms with E-state index < -0.39 is 0 Å². The fraction of sp³-hybridized carbons (Fsp3) is 0.0769. The normalized spacial score (nSPS) is 10.2.